The second kappa shape index (κ2) is 4.71. The van der Waals surface area contributed by atoms with Gasteiger partial charge in [0.15, 0.2) is 0 Å². The highest BCUT2D eigenvalue weighted by atomic mass is 19.4. The predicted molar refractivity (Wildman–Crippen MR) is 55.4 cm³/mol. The summed E-state index contributed by atoms with van der Waals surface area (Å²) in [6.45, 7) is 1.49. The van der Waals surface area contributed by atoms with E-state index in [9.17, 15) is 13.2 Å². The molecule has 0 atom stereocenters. The van der Waals surface area contributed by atoms with E-state index in [-0.39, 0.29) is 5.57 Å². The third-order valence-corrected chi connectivity index (χ3v) is 2.14. The minimum Gasteiger partial charge on any atom is -0.192 e. The number of hydrogen-bond acceptors (Lipinski definition) is 2. The average molecular weight is 236 g/mol. The topological polar surface area (TPSA) is 47.6 Å². The van der Waals surface area contributed by atoms with Crippen molar-refractivity contribution in [2.75, 3.05) is 0 Å². The smallest absolute Gasteiger partial charge is 0.192 e. The summed E-state index contributed by atoms with van der Waals surface area (Å²) in [5.74, 6) is 0. The Bertz CT molecular complexity index is 526. The lowest BCUT2D eigenvalue weighted by atomic mass is 10.0. The van der Waals surface area contributed by atoms with Crippen LogP contribution < -0.4 is 0 Å². The molecule has 0 saturated carbocycles. The molecule has 2 nitrogen and oxygen atoms in total. The zero-order chi connectivity index (χ0) is 13.1. The maximum absolute atomic E-state index is 12.4. The van der Waals surface area contributed by atoms with E-state index in [2.05, 4.69) is 0 Å². The molecule has 0 bridgehead atoms. The molecule has 0 radical (unpaired) electrons. The summed E-state index contributed by atoms with van der Waals surface area (Å²) in [6, 6.07) is 6.45. The Morgan fingerprint density at radius 2 is 1.82 bits per heavy atom. The molecular weight excluding hydrogens is 229 g/mol. The van der Waals surface area contributed by atoms with Crippen molar-refractivity contribution in [3.8, 4) is 12.1 Å². The molecule has 17 heavy (non-hydrogen) atoms. The molecule has 0 spiro atoms. The van der Waals surface area contributed by atoms with E-state index in [1.54, 1.807) is 12.1 Å². The van der Waals surface area contributed by atoms with Gasteiger partial charge in [-0.3, -0.25) is 0 Å². The minimum atomic E-state index is -4.39. The normalized spacial score (nSPS) is 10.2. The number of aryl methyl sites for hydroxylation is 1. The molecule has 1 aromatic rings. The van der Waals surface area contributed by atoms with E-state index in [1.165, 1.54) is 19.1 Å². The molecule has 86 valence electrons. The summed E-state index contributed by atoms with van der Waals surface area (Å²) in [4.78, 5) is 0. The van der Waals surface area contributed by atoms with Crippen LogP contribution in [0.25, 0.3) is 6.08 Å². The van der Waals surface area contributed by atoms with Crippen molar-refractivity contribution in [3.63, 3.8) is 0 Å². The molecule has 0 aliphatic carbocycles. The van der Waals surface area contributed by atoms with Crippen molar-refractivity contribution in [3.05, 3.63) is 40.5 Å². The van der Waals surface area contributed by atoms with Crippen LogP contribution in [-0.4, -0.2) is 0 Å². The van der Waals surface area contributed by atoms with Crippen LogP contribution in [0.15, 0.2) is 23.8 Å². The summed E-state index contributed by atoms with van der Waals surface area (Å²) < 4.78 is 37.1. The summed E-state index contributed by atoms with van der Waals surface area (Å²) in [5.41, 5.74) is -0.102. The van der Waals surface area contributed by atoms with Gasteiger partial charge in [-0.15, -0.1) is 0 Å². The molecule has 5 heteroatoms. The van der Waals surface area contributed by atoms with Gasteiger partial charge in [-0.05, 0) is 36.3 Å². The van der Waals surface area contributed by atoms with Gasteiger partial charge in [0.2, 0.25) is 0 Å². The molecule has 0 saturated heterocycles. The molecule has 0 aromatic heterocycles. The molecule has 0 unspecified atom stereocenters. The summed E-state index contributed by atoms with van der Waals surface area (Å²) in [7, 11) is 0. The Labute approximate surface area is 96.2 Å². The zero-order valence-corrected chi connectivity index (χ0v) is 8.84. The number of hydrogen-bond donors (Lipinski definition) is 0. The van der Waals surface area contributed by atoms with Crippen molar-refractivity contribution in [1.29, 1.82) is 10.5 Å². The van der Waals surface area contributed by atoms with E-state index in [4.69, 9.17) is 10.5 Å². The lowest BCUT2D eigenvalue weighted by Crippen LogP contribution is -2.05. The van der Waals surface area contributed by atoms with Gasteiger partial charge < -0.3 is 0 Å². The number of allylic oxidation sites excluding steroid dienone is 1. The highest BCUT2D eigenvalue weighted by molar-refractivity contribution is 5.64. The number of rotatable bonds is 1. The summed E-state index contributed by atoms with van der Waals surface area (Å²) in [6.07, 6.45) is -3.13. The highest BCUT2D eigenvalue weighted by Gasteiger charge is 2.30. The Morgan fingerprint density at radius 1 is 1.24 bits per heavy atom. The molecule has 0 aliphatic rings. The second-order valence-electron chi connectivity index (χ2n) is 3.35. The van der Waals surface area contributed by atoms with Gasteiger partial charge in [0.25, 0.3) is 0 Å². The summed E-state index contributed by atoms with van der Waals surface area (Å²) in [5, 5.41) is 17.1. The molecule has 0 fully saturated rings. The maximum atomic E-state index is 12.4. The minimum absolute atomic E-state index is 0.146. The third-order valence-electron chi connectivity index (χ3n) is 2.14. The largest absolute Gasteiger partial charge is 0.416 e. The van der Waals surface area contributed by atoms with Crippen LogP contribution in [0, 0.1) is 29.6 Å². The molecule has 1 rings (SSSR count). The van der Waals surface area contributed by atoms with Crippen molar-refractivity contribution < 1.29 is 13.2 Å². The second-order valence-corrected chi connectivity index (χ2v) is 3.35. The maximum Gasteiger partial charge on any atom is 0.416 e. The number of nitriles is 2. The highest BCUT2D eigenvalue weighted by Crippen LogP contribution is 2.30. The molecular formula is C12H7F3N2. The monoisotopic (exact) mass is 236 g/mol. The number of alkyl halides is 3. The Morgan fingerprint density at radius 3 is 2.24 bits per heavy atom. The van der Waals surface area contributed by atoms with Crippen LogP contribution in [0.1, 0.15) is 16.7 Å². The summed E-state index contributed by atoms with van der Waals surface area (Å²) >= 11 is 0. The fourth-order valence-corrected chi connectivity index (χ4v) is 1.26. The van der Waals surface area contributed by atoms with E-state index in [0.717, 1.165) is 12.1 Å². The number of nitrogens with zero attached hydrogens (tertiary/aromatic N) is 2. The fraction of sp³-hybridized carbons (Fsp3) is 0.167. The Hall–Kier alpha value is -2.27. The van der Waals surface area contributed by atoms with Crippen LogP contribution in [0.5, 0.6) is 0 Å². The standard InChI is InChI=1S/C12H7F3N2/c1-8-4-11(12(13,14)15)3-2-10(8)5-9(6-16)7-17/h2-5H,1H3. The van der Waals surface area contributed by atoms with E-state index in [0.29, 0.717) is 11.1 Å². The average Bonchev–Trinajstić information content (AvgIpc) is 2.26. The van der Waals surface area contributed by atoms with Gasteiger partial charge in [-0.2, -0.15) is 23.7 Å². The van der Waals surface area contributed by atoms with Gasteiger partial charge in [0.1, 0.15) is 17.7 Å². The van der Waals surface area contributed by atoms with Crippen molar-refractivity contribution in [2.24, 2.45) is 0 Å². The van der Waals surface area contributed by atoms with Crippen LogP contribution in [0.2, 0.25) is 0 Å². The van der Waals surface area contributed by atoms with E-state index < -0.39 is 11.7 Å². The Balaban J connectivity index is 3.22. The first-order chi connectivity index (χ1) is 7.88. The third kappa shape index (κ3) is 3.09. The van der Waals surface area contributed by atoms with Gasteiger partial charge in [0.05, 0.1) is 5.56 Å². The zero-order valence-electron chi connectivity index (χ0n) is 8.84. The van der Waals surface area contributed by atoms with Gasteiger partial charge >= 0.3 is 6.18 Å². The molecule has 0 amide bonds. The van der Waals surface area contributed by atoms with Crippen molar-refractivity contribution in [1.82, 2.24) is 0 Å². The Kier molecular flexibility index (Phi) is 3.55. The first-order valence-electron chi connectivity index (χ1n) is 4.58. The first kappa shape index (κ1) is 12.8. The van der Waals surface area contributed by atoms with Crippen LogP contribution >= 0.6 is 0 Å². The van der Waals surface area contributed by atoms with Crippen molar-refractivity contribution >= 4 is 6.08 Å². The number of benzene rings is 1. The fourth-order valence-electron chi connectivity index (χ4n) is 1.26. The van der Waals surface area contributed by atoms with Gasteiger partial charge in [0, 0.05) is 0 Å². The lowest BCUT2D eigenvalue weighted by molar-refractivity contribution is -0.137. The molecule has 0 N–H and O–H groups in total. The van der Waals surface area contributed by atoms with Gasteiger partial charge in [-0.1, -0.05) is 6.07 Å². The van der Waals surface area contributed by atoms with E-state index in [1.807, 2.05) is 0 Å². The van der Waals surface area contributed by atoms with Crippen LogP contribution in [-0.2, 0) is 6.18 Å². The van der Waals surface area contributed by atoms with Crippen LogP contribution in [0.3, 0.4) is 0 Å². The van der Waals surface area contributed by atoms with Crippen LogP contribution in [0.4, 0.5) is 13.2 Å². The molecule has 0 heterocycles. The SMILES string of the molecule is Cc1cc(C(F)(F)F)ccc1C=C(C#N)C#N. The number of halogens is 3. The lowest BCUT2D eigenvalue weighted by Gasteiger charge is -2.08. The molecule has 1 aromatic carbocycles. The van der Waals surface area contributed by atoms with Gasteiger partial charge in [-0.25, -0.2) is 0 Å². The quantitative estimate of drug-likeness (QED) is 0.701. The van der Waals surface area contributed by atoms with Crippen molar-refractivity contribution in [2.45, 2.75) is 13.1 Å². The first-order valence-corrected chi connectivity index (χ1v) is 4.58. The van der Waals surface area contributed by atoms with E-state index >= 15 is 0 Å². The molecule has 0 aliphatic heterocycles. The predicted octanol–water partition coefficient (Wildman–Crippen LogP) is 3.44.